The van der Waals surface area contributed by atoms with E-state index in [4.69, 9.17) is 0 Å². The minimum Gasteiger partial charge on any atom is -0.352 e. The first-order valence-electron chi connectivity index (χ1n) is 8.60. The molecule has 0 unspecified atom stereocenters. The summed E-state index contributed by atoms with van der Waals surface area (Å²) in [6.45, 7) is 3.55. The number of nitrogens with zero attached hydrogens (tertiary/aromatic N) is 1. The Labute approximate surface area is 155 Å². The third kappa shape index (κ3) is 5.70. The summed E-state index contributed by atoms with van der Waals surface area (Å²) in [6.07, 6.45) is -4.06. The number of anilines is 1. The third-order valence-corrected chi connectivity index (χ3v) is 4.51. The van der Waals surface area contributed by atoms with E-state index >= 15 is 0 Å². The largest absolute Gasteiger partial charge is 0.471 e. The van der Waals surface area contributed by atoms with Gasteiger partial charge in [-0.3, -0.25) is 14.4 Å². The lowest BCUT2D eigenvalue weighted by molar-refractivity contribution is -0.186. The van der Waals surface area contributed by atoms with Crippen LogP contribution in [-0.2, 0) is 9.59 Å². The Hall–Kier alpha value is -2.58. The number of rotatable bonds is 4. The maximum absolute atomic E-state index is 12.4. The molecule has 9 heteroatoms. The van der Waals surface area contributed by atoms with Crippen LogP contribution in [-0.4, -0.2) is 48.4 Å². The maximum atomic E-state index is 12.4. The number of likely N-dealkylation sites (tertiary alicyclic amines) is 1. The van der Waals surface area contributed by atoms with Crippen molar-refractivity contribution in [3.63, 3.8) is 0 Å². The fraction of sp³-hybridized carbons (Fsp3) is 0.500. The second kappa shape index (κ2) is 8.41. The van der Waals surface area contributed by atoms with Crippen molar-refractivity contribution >= 4 is 23.4 Å². The predicted molar refractivity (Wildman–Crippen MR) is 93.2 cm³/mol. The molecule has 1 fully saturated rings. The lowest BCUT2D eigenvalue weighted by Gasteiger charge is -2.32. The highest BCUT2D eigenvalue weighted by atomic mass is 19.4. The third-order valence-electron chi connectivity index (χ3n) is 4.51. The zero-order valence-corrected chi connectivity index (χ0v) is 15.2. The van der Waals surface area contributed by atoms with Crippen molar-refractivity contribution in [2.75, 3.05) is 25.0 Å². The van der Waals surface area contributed by atoms with Crippen molar-refractivity contribution in [3.8, 4) is 0 Å². The van der Waals surface area contributed by atoms with Crippen molar-refractivity contribution < 1.29 is 27.6 Å². The molecule has 3 amide bonds. The number of alkyl halides is 3. The van der Waals surface area contributed by atoms with Crippen LogP contribution < -0.4 is 10.6 Å². The van der Waals surface area contributed by atoms with E-state index in [1.165, 1.54) is 6.92 Å². The van der Waals surface area contributed by atoms with Crippen LogP contribution in [0.1, 0.15) is 35.7 Å². The van der Waals surface area contributed by atoms with Gasteiger partial charge in [-0.2, -0.15) is 13.2 Å². The van der Waals surface area contributed by atoms with Gasteiger partial charge in [0.25, 0.3) is 5.91 Å². The molecule has 6 nitrogen and oxygen atoms in total. The number of amides is 3. The van der Waals surface area contributed by atoms with Crippen LogP contribution in [0.15, 0.2) is 18.2 Å². The van der Waals surface area contributed by atoms with Crippen molar-refractivity contribution in [2.24, 2.45) is 5.92 Å². The highest BCUT2D eigenvalue weighted by Crippen LogP contribution is 2.24. The lowest BCUT2D eigenvalue weighted by Crippen LogP contribution is -2.46. The van der Waals surface area contributed by atoms with Crippen LogP contribution in [0.25, 0.3) is 0 Å². The highest BCUT2D eigenvalue weighted by Gasteiger charge is 2.43. The van der Waals surface area contributed by atoms with Crippen LogP contribution in [0.2, 0.25) is 0 Å². The molecule has 1 aliphatic heterocycles. The molecule has 27 heavy (non-hydrogen) atoms. The fourth-order valence-corrected chi connectivity index (χ4v) is 2.95. The van der Waals surface area contributed by atoms with Gasteiger partial charge in [0.2, 0.25) is 5.91 Å². The molecular weight excluding hydrogens is 363 g/mol. The average molecular weight is 385 g/mol. The summed E-state index contributed by atoms with van der Waals surface area (Å²) in [5.74, 6) is -2.37. The van der Waals surface area contributed by atoms with Crippen molar-refractivity contribution in [2.45, 2.75) is 32.9 Å². The molecule has 1 aromatic rings. The minimum atomic E-state index is -4.85. The first-order valence-corrected chi connectivity index (χ1v) is 8.60. The molecule has 0 aliphatic carbocycles. The second-order valence-electron chi connectivity index (χ2n) is 6.65. The number of aryl methyl sites for hydroxylation is 1. The second-order valence-corrected chi connectivity index (χ2v) is 6.65. The van der Waals surface area contributed by atoms with Gasteiger partial charge in [0.15, 0.2) is 0 Å². The summed E-state index contributed by atoms with van der Waals surface area (Å²) in [5.41, 5.74) is 1.76. The minimum absolute atomic E-state index is 0.00602. The number of benzene rings is 1. The smallest absolute Gasteiger partial charge is 0.352 e. The molecule has 0 bridgehead atoms. The van der Waals surface area contributed by atoms with E-state index < -0.39 is 12.1 Å². The van der Waals surface area contributed by atoms with E-state index in [-0.39, 0.29) is 30.8 Å². The Kier molecular flexibility index (Phi) is 6.45. The van der Waals surface area contributed by atoms with Crippen LogP contribution in [0.4, 0.5) is 18.9 Å². The first kappa shape index (κ1) is 20.7. The highest BCUT2D eigenvalue weighted by molar-refractivity contribution is 5.97. The molecule has 0 saturated carbocycles. The van der Waals surface area contributed by atoms with Gasteiger partial charge in [-0.05, 0) is 43.4 Å². The normalized spacial score (nSPS) is 15.4. The van der Waals surface area contributed by atoms with Gasteiger partial charge in [0.1, 0.15) is 0 Å². The van der Waals surface area contributed by atoms with Gasteiger partial charge in [-0.15, -0.1) is 0 Å². The maximum Gasteiger partial charge on any atom is 0.471 e. The van der Waals surface area contributed by atoms with E-state index in [9.17, 15) is 27.6 Å². The number of hydrogen-bond acceptors (Lipinski definition) is 3. The number of nitrogens with one attached hydrogen (secondary N) is 2. The molecular formula is C18H22F3N3O3. The summed E-state index contributed by atoms with van der Waals surface area (Å²) in [7, 11) is 0. The Morgan fingerprint density at radius 3 is 2.37 bits per heavy atom. The van der Waals surface area contributed by atoms with Gasteiger partial charge < -0.3 is 15.5 Å². The Bertz CT molecular complexity index is 726. The monoisotopic (exact) mass is 385 g/mol. The van der Waals surface area contributed by atoms with Gasteiger partial charge in [0, 0.05) is 37.8 Å². The van der Waals surface area contributed by atoms with Gasteiger partial charge >= 0.3 is 12.1 Å². The quantitative estimate of drug-likeness (QED) is 0.836. The number of halogens is 3. The molecule has 0 radical (unpaired) electrons. The molecule has 0 aromatic heterocycles. The van der Waals surface area contributed by atoms with Gasteiger partial charge in [-0.1, -0.05) is 6.07 Å². The molecule has 1 aromatic carbocycles. The van der Waals surface area contributed by atoms with Crippen LogP contribution in [0.5, 0.6) is 0 Å². The molecule has 0 atom stereocenters. The van der Waals surface area contributed by atoms with Gasteiger partial charge in [0.05, 0.1) is 0 Å². The summed E-state index contributed by atoms with van der Waals surface area (Å²) in [6, 6.07) is 4.94. The summed E-state index contributed by atoms with van der Waals surface area (Å²) in [4.78, 5) is 35.5. The van der Waals surface area contributed by atoms with E-state index in [1.807, 2.05) is 6.92 Å². The van der Waals surface area contributed by atoms with Crippen LogP contribution in [0.3, 0.4) is 0 Å². The summed E-state index contributed by atoms with van der Waals surface area (Å²) < 4.78 is 37.3. The summed E-state index contributed by atoms with van der Waals surface area (Å²) >= 11 is 0. The van der Waals surface area contributed by atoms with Gasteiger partial charge in [-0.25, -0.2) is 0 Å². The zero-order chi connectivity index (χ0) is 20.2. The molecule has 1 heterocycles. The van der Waals surface area contributed by atoms with Crippen molar-refractivity contribution in [1.29, 1.82) is 0 Å². The summed E-state index contributed by atoms with van der Waals surface area (Å²) in [5, 5.41) is 5.42. The Morgan fingerprint density at radius 2 is 1.81 bits per heavy atom. The molecule has 0 spiro atoms. The number of carbonyl (C=O) groups is 3. The standard InChI is InChI=1S/C18H22F3N3O3/c1-11-3-4-14(9-15(11)23-12(2)25)16(26)22-10-13-5-7-24(8-6-13)17(27)18(19,20)21/h3-4,9,13H,5-8,10H2,1-2H3,(H,22,26)(H,23,25). The molecule has 2 N–H and O–H groups in total. The molecule has 2 rings (SSSR count). The lowest BCUT2D eigenvalue weighted by atomic mass is 9.96. The first-order chi connectivity index (χ1) is 12.6. The van der Waals surface area contributed by atoms with E-state index in [1.54, 1.807) is 18.2 Å². The van der Waals surface area contributed by atoms with E-state index in [0.29, 0.717) is 30.6 Å². The van der Waals surface area contributed by atoms with E-state index in [2.05, 4.69) is 10.6 Å². The predicted octanol–water partition coefficient (Wildman–Crippen LogP) is 2.48. The average Bonchev–Trinajstić information content (AvgIpc) is 2.60. The topological polar surface area (TPSA) is 78.5 Å². The number of piperidine rings is 1. The van der Waals surface area contributed by atoms with Crippen molar-refractivity contribution in [3.05, 3.63) is 29.3 Å². The zero-order valence-electron chi connectivity index (χ0n) is 15.2. The fourth-order valence-electron chi connectivity index (χ4n) is 2.95. The van der Waals surface area contributed by atoms with Crippen LogP contribution in [0, 0.1) is 12.8 Å². The Morgan fingerprint density at radius 1 is 1.19 bits per heavy atom. The number of carbonyl (C=O) groups excluding carboxylic acids is 3. The SMILES string of the molecule is CC(=O)Nc1cc(C(=O)NCC2CCN(C(=O)C(F)(F)F)CC2)ccc1C. The van der Waals surface area contributed by atoms with E-state index in [0.717, 1.165) is 10.5 Å². The molecule has 148 valence electrons. The molecule has 1 aliphatic rings. The number of hydrogen-bond donors (Lipinski definition) is 2. The Balaban J connectivity index is 1.86. The van der Waals surface area contributed by atoms with Crippen molar-refractivity contribution in [1.82, 2.24) is 10.2 Å². The molecule has 1 saturated heterocycles. The van der Waals surface area contributed by atoms with Crippen LogP contribution >= 0.6 is 0 Å².